The van der Waals surface area contributed by atoms with Gasteiger partial charge in [-0.2, -0.15) is 0 Å². The van der Waals surface area contributed by atoms with Gasteiger partial charge in [0.25, 0.3) is 0 Å². The van der Waals surface area contributed by atoms with Crippen molar-refractivity contribution in [2.45, 2.75) is 93.4 Å². The Balaban J connectivity index is 0.000000438. The van der Waals surface area contributed by atoms with Gasteiger partial charge in [0, 0.05) is 0 Å². The maximum Gasteiger partial charge on any atom is -0.0219 e. The second kappa shape index (κ2) is 12.6. The standard InChI is InChI=1S/C13H20.C10H22/c1-10(2)9-12-5-7-13(8-6-12)11(3)4;1-9(2)7-5-6-8-10(3)4/h5-8,10-11H,9H2,1-4H3;9-10H,5-8H2,1-4H3. The summed E-state index contributed by atoms with van der Waals surface area (Å²) in [6, 6.07) is 9.02. The molecular formula is C23H42. The van der Waals surface area contributed by atoms with Crippen LogP contribution in [-0.4, -0.2) is 0 Å². The van der Waals surface area contributed by atoms with Crippen molar-refractivity contribution in [2.75, 3.05) is 0 Å². The molecule has 1 aromatic rings. The normalized spacial score (nSPS) is 11.3. The monoisotopic (exact) mass is 318 g/mol. The summed E-state index contributed by atoms with van der Waals surface area (Å²) in [7, 11) is 0. The molecule has 0 heteroatoms. The number of benzene rings is 1. The van der Waals surface area contributed by atoms with E-state index in [9.17, 15) is 0 Å². The highest BCUT2D eigenvalue weighted by Gasteiger charge is 2.00. The second-order valence-electron chi connectivity index (χ2n) is 8.57. The molecule has 0 spiro atoms. The van der Waals surface area contributed by atoms with Crippen molar-refractivity contribution in [3.63, 3.8) is 0 Å². The van der Waals surface area contributed by atoms with Crippen molar-refractivity contribution in [3.8, 4) is 0 Å². The first-order valence-corrected chi connectivity index (χ1v) is 9.81. The smallest absolute Gasteiger partial charge is 0.0219 e. The Morgan fingerprint density at radius 1 is 0.609 bits per heavy atom. The molecule has 0 aromatic heterocycles. The highest BCUT2D eigenvalue weighted by Crippen LogP contribution is 2.16. The minimum Gasteiger partial charge on any atom is -0.0628 e. The summed E-state index contributed by atoms with van der Waals surface area (Å²) in [5, 5.41) is 0. The van der Waals surface area contributed by atoms with Crippen LogP contribution in [0.5, 0.6) is 0 Å². The first-order chi connectivity index (χ1) is 10.7. The Kier molecular flexibility index (Phi) is 12.2. The summed E-state index contributed by atoms with van der Waals surface area (Å²) in [5.41, 5.74) is 2.90. The van der Waals surface area contributed by atoms with E-state index in [1.165, 1.54) is 43.2 Å². The zero-order valence-corrected chi connectivity index (χ0v) is 17.2. The fraction of sp³-hybridized carbons (Fsp3) is 0.739. The van der Waals surface area contributed by atoms with Gasteiger partial charge in [-0.05, 0) is 41.2 Å². The van der Waals surface area contributed by atoms with Crippen LogP contribution in [0.4, 0.5) is 0 Å². The number of unbranched alkanes of at least 4 members (excludes halogenated alkanes) is 1. The van der Waals surface area contributed by atoms with Crippen molar-refractivity contribution >= 4 is 0 Å². The van der Waals surface area contributed by atoms with Crippen LogP contribution in [0, 0.1) is 17.8 Å². The predicted molar refractivity (Wildman–Crippen MR) is 107 cm³/mol. The first kappa shape index (κ1) is 22.2. The zero-order valence-electron chi connectivity index (χ0n) is 17.2. The molecule has 0 bridgehead atoms. The lowest BCUT2D eigenvalue weighted by Gasteiger charge is -2.08. The van der Waals surface area contributed by atoms with Crippen LogP contribution in [-0.2, 0) is 6.42 Å². The van der Waals surface area contributed by atoms with Crippen molar-refractivity contribution < 1.29 is 0 Å². The van der Waals surface area contributed by atoms with Gasteiger partial charge in [0.2, 0.25) is 0 Å². The maximum absolute atomic E-state index is 2.30. The van der Waals surface area contributed by atoms with Gasteiger partial charge in [0.15, 0.2) is 0 Å². The van der Waals surface area contributed by atoms with Crippen LogP contribution in [0.2, 0.25) is 0 Å². The third-order valence-corrected chi connectivity index (χ3v) is 4.10. The van der Waals surface area contributed by atoms with Crippen molar-refractivity contribution in [1.29, 1.82) is 0 Å². The minimum atomic E-state index is 0.646. The van der Waals surface area contributed by atoms with Crippen molar-refractivity contribution in [3.05, 3.63) is 35.4 Å². The van der Waals surface area contributed by atoms with E-state index in [0.29, 0.717) is 5.92 Å². The average molecular weight is 319 g/mol. The maximum atomic E-state index is 2.30. The van der Waals surface area contributed by atoms with Gasteiger partial charge in [0.1, 0.15) is 0 Å². The van der Waals surface area contributed by atoms with E-state index in [4.69, 9.17) is 0 Å². The molecule has 0 aliphatic rings. The molecule has 0 amide bonds. The summed E-state index contributed by atoms with van der Waals surface area (Å²) in [6.45, 7) is 18.2. The van der Waals surface area contributed by atoms with Crippen molar-refractivity contribution in [1.82, 2.24) is 0 Å². The fourth-order valence-electron chi connectivity index (χ4n) is 2.62. The molecule has 0 atom stereocenters. The molecule has 0 radical (unpaired) electrons. The summed E-state index contributed by atoms with van der Waals surface area (Å²) < 4.78 is 0. The van der Waals surface area contributed by atoms with Crippen LogP contribution < -0.4 is 0 Å². The minimum absolute atomic E-state index is 0.646. The lowest BCUT2D eigenvalue weighted by Crippen LogP contribution is -1.94. The lowest BCUT2D eigenvalue weighted by molar-refractivity contribution is 0.483. The summed E-state index contributed by atoms with van der Waals surface area (Å²) in [5.74, 6) is 3.19. The Bertz CT molecular complexity index is 358. The van der Waals surface area contributed by atoms with E-state index >= 15 is 0 Å². The van der Waals surface area contributed by atoms with Gasteiger partial charge in [-0.3, -0.25) is 0 Å². The summed E-state index contributed by atoms with van der Waals surface area (Å²) in [4.78, 5) is 0. The van der Waals surface area contributed by atoms with Gasteiger partial charge >= 0.3 is 0 Å². The largest absolute Gasteiger partial charge is 0.0628 e. The molecule has 0 nitrogen and oxygen atoms in total. The highest BCUT2D eigenvalue weighted by molar-refractivity contribution is 5.24. The lowest BCUT2D eigenvalue weighted by atomic mass is 9.98. The number of rotatable bonds is 8. The number of hydrogen-bond acceptors (Lipinski definition) is 0. The molecule has 0 unspecified atom stereocenters. The van der Waals surface area contributed by atoms with Gasteiger partial charge in [-0.15, -0.1) is 0 Å². The predicted octanol–water partition coefficient (Wildman–Crippen LogP) is 7.87. The molecular weight excluding hydrogens is 276 g/mol. The molecule has 0 aliphatic heterocycles. The molecule has 23 heavy (non-hydrogen) atoms. The Hall–Kier alpha value is -0.780. The van der Waals surface area contributed by atoms with E-state index in [0.717, 1.165) is 17.8 Å². The van der Waals surface area contributed by atoms with E-state index in [1.54, 1.807) is 0 Å². The Morgan fingerprint density at radius 2 is 1.04 bits per heavy atom. The fourth-order valence-corrected chi connectivity index (χ4v) is 2.62. The molecule has 0 heterocycles. The van der Waals surface area contributed by atoms with E-state index in [-0.39, 0.29) is 0 Å². The van der Waals surface area contributed by atoms with E-state index < -0.39 is 0 Å². The van der Waals surface area contributed by atoms with Gasteiger partial charge in [-0.1, -0.05) is 105 Å². The summed E-state index contributed by atoms with van der Waals surface area (Å²) in [6.07, 6.45) is 6.86. The number of hydrogen-bond donors (Lipinski definition) is 0. The van der Waals surface area contributed by atoms with Crippen LogP contribution in [0.25, 0.3) is 0 Å². The van der Waals surface area contributed by atoms with Crippen LogP contribution in [0.3, 0.4) is 0 Å². The van der Waals surface area contributed by atoms with Gasteiger partial charge < -0.3 is 0 Å². The third kappa shape index (κ3) is 13.4. The molecule has 0 saturated heterocycles. The molecule has 134 valence electrons. The van der Waals surface area contributed by atoms with Crippen LogP contribution in [0.1, 0.15) is 98.1 Å². The van der Waals surface area contributed by atoms with Crippen LogP contribution >= 0.6 is 0 Å². The molecule has 1 rings (SSSR count). The van der Waals surface area contributed by atoms with E-state index in [2.05, 4.69) is 79.7 Å². The molecule has 1 aromatic carbocycles. The average Bonchev–Trinajstić information content (AvgIpc) is 2.44. The highest BCUT2D eigenvalue weighted by atomic mass is 14.1. The molecule has 0 N–H and O–H groups in total. The molecule has 0 fully saturated rings. The second-order valence-corrected chi connectivity index (χ2v) is 8.57. The quantitative estimate of drug-likeness (QED) is 0.428. The SMILES string of the molecule is CC(C)CCCCC(C)C.CC(C)Cc1ccc(C(C)C)cc1. The van der Waals surface area contributed by atoms with Gasteiger partial charge in [0.05, 0.1) is 0 Å². The van der Waals surface area contributed by atoms with Gasteiger partial charge in [-0.25, -0.2) is 0 Å². The zero-order chi connectivity index (χ0) is 17.8. The molecule has 0 aliphatic carbocycles. The summed E-state index contributed by atoms with van der Waals surface area (Å²) >= 11 is 0. The third-order valence-electron chi connectivity index (χ3n) is 4.10. The Labute approximate surface area is 147 Å². The van der Waals surface area contributed by atoms with Crippen LogP contribution in [0.15, 0.2) is 24.3 Å². The van der Waals surface area contributed by atoms with Crippen molar-refractivity contribution in [2.24, 2.45) is 17.8 Å². The molecule has 0 saturated carbocycles. The topological polar surface area (TPSA) is 0 Å². The van der Waals surface area contributed by atoms with E-state index in [1.807, 2.05) is 0 Å². The first-order valence-electron chi connectivity index (χ1n) is 9.81. The Morgan fingerprint density at radius 3 is 1.35 bits per heavy atom.